The van der Waals surface area contributed by atoms with Gasteiger partial charge in [-0.15, -0.1) is 24.0 Å². The van der Waals surface area contributed by atoms with Crippen LogP contribution in [0.3, 0.4) is 0 Å². The molecule has 1 atom stereocenters. The van der Waals surface area contributed by atoms with Crippen LogP contribution in [0.1, 0.15) is 25.3 Å². The van der Waals surface area contributed by atoms with Crippen molar-refractivity contribution in [3.63, 3.8) is 0 Å². The highest BCUT2D eigenvalue weighted by atomic mass is 127. The molecule has 2 saturated heterocycles. The minimum atomic E-state index is 0. The van der Waals surface area contributed by atoms with E-state index >= 15 is 0 Å². The molecule has 146 valence electrons. The van der Waals surface area contributed by atoms with Crippen LogP contribution in [0.5, 0.6) is 0 Å². The first-order valence-corrected chi connectivity index (χ1v) is 9.27. The summed E-state index contributed by atoms with van der Waals surface area (Å²) in [6.07, 6.45) is 4.42. The minimum Gasteiger partial charge on any atom is -0.378 e. The van der Waals surface area contributed by atoms with Gasteiger partial charge in [-0.2, -0.15) is 0 Å². The van der Waals surface area contributed by atoms with Crippen molar-refractivity contribution in [1.29, 1.82) is 0 Å². The Hall–Kier alpha value is -1.13. The van der Waals surface area contributed by atoms with E-state index in [0.717, 1.165) is 76.2 Å². The summed E-state index contributed by atoms with van der Waals surface area (Å²) in [5, 5.41) is 6.70. The highest BCUT2D eigenvalue weighted by Crippen LogP contribution is 2.19. The second-order valence-electron chi connectivity index (χ2n) is 6.30. The Balaban J connectivity index is 0.00000243. The maximum absolute atomic E-state index is 5.67. The fraction of sp³-hybridized carbons (Fsp3) is 0.667. The normalized spacial score (nSPS) is 20.6. The summed E-state index contributed by atoms with van der Waals surface area (Å²) >= 11 is 0. The van der Waals surface area contributed by atoms with E-state index < -0.39 is 0 Å². The van der Waals surface area contributed by atoms with Crippen molar-refractivity contribution in [2.45, 2.75) is 32.4 Å². The third-order valence-corrected chi connectivity index (χ3v) is 4.45. The Morgan fingerprint density at radius 2 is 2.15 bits per heavy atom. The summed E-state index contributed by atoms with van der Waals surface area (Å²) < 4.78 is 11.1. The molecule has 2 N–H and O–H groups in total. The van der Waals surface area contributed by atoms with Gasteiger partial charge in [-0.25, -0.2) is 9.98 Å². The molecule has 26 heavy (non-hydrogen) atoms. The Bertz CT molecular complexity index is 560. The van der Waals surface area contributed by atoms with Gasteiger partial charge in [-0.3, -0.25) is 0 Å². The van der Waals surface area contributed by atoms with Crippen molar-refractivity contribution in [1.82, 2.24) is 15.6 Å². The monoisotopic (exact) mass is 475 g/mol. The van der Waals surface area contributed by atoms with E-state index in [0.29, 0.717) is 12.6 Å². The van der Waals surface area contributed by atoms with Gasteiger partial charge in [0.2, 0.25) is 0 Å². The number of ether oxygens (including phenoxy) is 2. The number of nitrogens with one attached hydrogen (secondary N) is 2. The summed E-state index contributed by atoms with van der Waals surface area (Å²) in [6.45, 7) is 8.45. The average molecular weight is 475 g/mol. The van der Waals surface area contributed by atoms with Gasteiger partial charge in [0.25, 0.3) is 0 Å². The number of nitrogens with zero attached hydrogens (tertiary/aromatic N) is 3. The van der Waals surface area contributed by atoms with Crippen molar-refractivity contribution >= 4 is 35.8 Å². The molecule has 0 spiro atoms. The van der Waals surface area contributed by atoms with E-state index in [1.807, 2.05) is 12.3 Å². The number of morpholine rings is 1. The molecular weight excluding hydrogens is 445 g/mol. The van der Waals surface area contributed by atoms with E-state index in [4.69, 9.17) is 14.5 Å². The Morgan fingerprint density at radius 1 is 1.31 bits per heavy atom. The number of halogens is 1. The molecule has 2 aliphatic heterocycles. The highest BCUT2D eigenvalue weighted by Gasteiger charge is 2.17. The zero-order chi connectivity index (χ0) is 17.3. The van der Waals surface area contributed by atoms with Crippen LogP contribution in [-0.4, -0.2) is 63.0 Å². The summed E-state index contributed by atoms with van der Waals surface area (Å²) in [7, 11) is 0. The number of anilines is 1. The van der Waals surface area contributed by atoms with Gasteiger partial charge in [0.05, 0.1) is 25.9 Å². The smallest absolute Gasteiger partial charge is 0.191 e. The number of hydrogen-bond acceptors (Lipinski definition) is 5. The van der Waals surface area contributed by atoms with Crippen molar-refractivity contribution in [3.05, 3.63) is 23.9 Å². The van der Waals surface area contributed by atoms with Crippen LogP contribution in [0.4, 0.5) is 5.82 Å². The quantitative estimate of drug-likeness (QED) is 0.372. The topological polar surface area (TPSA) is 71.0 Å². The third-order valence-electron chi connectivity index (χ3n) is 4.45. The molecule has 3 rings (SSSR count). The largest absolute Gasteiger partial charge is 0.378 e. The molecule has 1 aromatic rings. The number of guanidine groups is 1. The van der Waals surface area contributed by atoms with Crippen molar-refractivity contribution in [2.24, 2.45) is 4.99 Å². The van der Waals surface area contributed by atoms with Gasteiger partial charge in [0.15, 0.2) is 5.96 Å². The number of rotatable bonds is 6. The van der Waals surface area contributed by atoms with Crippen molar-refractivity contribution in [3.8, 4) is 0 Å². The first kappa shape index (κ1) is 21.2. The van der Waals surface area contributed by atoms with Gasteiger partial charge in [0.1, 0.15) is 5.82 Å². The first-order chi connectivity index (χ1) is 12.4. The minimum absolute atomic E-state index is 0. The van der Waals surface area contributed by atoms with Crippen LogP contribution in [0, 0.1) is 0 Å². The first-order valence-electron chi connectivity index (χ1n) is 9.27. The maximum atomic E-state index is 5.67. The Kier molecular flexibility index (Phi) is 9.41. The molecule has 0 bridgehead atoms. The molecular formula is C18H30IN5O2. The fourth-order valence-electron chi connectivity index (χ4n) is 3.14. The van der Waals surface area contributed by atoms with Crippen LogP contribution in [0.25, 0.3) is 0 Å². The van der Waals surface area contributed by atoms with Crippen LogP contribution in [0.2, 0.25) is 0 Å². The molecule has 2 aliphatic rings. The maximum Gasteiger partial charge on any atom is 0.191 e. The van der Waals surface area contributed by atoms with Gasteiger partial charge in [-0.1, -0.05) is 6.07 Å². The summed E-state index contributed by atoms with van der Waals surface area (Å²) in [6, 6.07) is 4.08. The molecule has 0 aliphatic carbocycles. The molecule has 3 heterocycles. The van der Waals surface area contributed by atoms with Crippen LogP contribution in [-0.2, 0) is 16.0 Å². The van der Waals surface area contributed by atoms with Gasteiger partial charge in [-0.05, 0) is 25.8 Å². The molecule has 0 radical (unpaired) electrons. The Labute approximate surface area is 173 Å². The average Bonchev–Trinajstić information content (AvgIpc) is 3.18. The standard InChI is InChI=1S/C18H29N5O2.HI/c1-2-19-18(22-14-16-6-4-10-25-16)21-13-15-5-3-7-20-17(15)23-8-11-24-12-9-23;/h3,5,7,16H,2,4,6,8-14H2,1H3,(H2,19,21,22);1H. The molecule has 0 amide bonds. The van der Waals surface area contributed by atoms with Gasteiger partial charge in [0, 0.05) is 44.5 Å². The van der Waals surface area contributed by atoms with Gasteiger partial charge >= 0.3 is 0 Å². The SMILES string of the molecule is CCNC(=NCc1cccnc1N1CCOCC1)NCC1CCCO1.I. The Morgan fingerprint density at radius 3 is 2.88 bits per heavy atom. The predicted molar refractivity (Wildman–Crippen MR) is 114 cm³/mol. The lowest BCUT2D eigenvalue weighted by atomic mass is 10.2. The molecule has 1 unspecified atom stereocenters. The van der Waals surface area contributed by atoms with E-state index in [9.17, 15) is 0 Å². The third kappa shape index (κ3) is 6.24. The number of hydrogen-bond donors (Lipinski definition) is 2. The zero-order valence-electron chi connectivity index (χ0n) is 15.4. The summed E-state index contributed by atoms with van der Waals surface area (Å²) in [4.78, 5) is 11.6. The lowest BCUT2D eigenvalue weighted by Gasteiger charge is -2.29. The second-order valence-corrected chi connectivity index (χ2v) is 6.30. The van der Waals surface area contributed by atoms with Crippen LogP contribution < -0.4 is 15.5 Å². The van der Waals surface area contributed by atoms with Crippen LogP contribution in [0.15, 0.2) is 23.3 Å². The van der Waals surface area contributed by atoms with Crippen LogP contribution >= 0.6 is 24.0 Å². The van der Waals surface area contributed by atoms with E-state index in [-0.39, 0.29) is 24.0 Å². The highest BCUT2D eigenvalue weighted by molar-refractivity contribution is 14.0. The van der Waals surface area contributed by atoms with E-state index in [1.54, 1.807) is 0 Å². The summed E-state index contributed by atoms with van der Waals surface area (Å²) in [5.74, 6) is 1.85. The number of aliphatic imine (C=N–C) groups is 1. The predicted octanol–water partition coefficient (Wildman–Crippen LogP) is 1.77. The molecule has 7 nitrogen and oxygen atoms in total. The van der Waals surface area contributed by atoms with Crippen molar-refractivity contribution in [2.75, 3.05) is 50.9 Å². The van der Waals surface area contributed by atoms with E-state index in [1.165, 1.54) is 0 Å². The van der Waals surface area contributed by atoms with E-state index in [2.05, 4.69) is 33.5 Å². The number of pyridine rings is 1. The molecule has 8 heteroatoms. The lowest BCUT2D eigenvalue weighted by Crippen LogP contribution is -2.41. The fourth-order valence-corrected chi connectivity index (χ4v) is 3.14. The summed E-state index contributed by atoms with van der Waals surface area (Å²) in [5.41, 5.74) is 1.14. The number of aromatic nitrogens is 1. The molecule has 0 saturated carbocycles. The molecule has 2 fully saturated rings. The van der Waals surface area contributed by atoms with Crippen molar-refractivity contribution < 1.29 is 9.47 Å². The molecule has 0 aromatic carbocycles. The van der Waals surface area contributed by atoms with Gasteiger partial charge < -0.3 is 25.0 Å². The lowest BCUT2D eigenvalue weighted by molar-refractivity contribution is 0.114. The second kappa shape index (κ2) is 11.6. The molecule has 1 aromatic heterocycles. The zero-order valence-corrected chi connectivity index (χ0v) is 17.8.